The van der Waals surface area contributed by atoms with Gasteiger partial charge in [0.15, 0.2) is 5.65 Å². The molecule has 2 aromatic heterocycles. The molecule has 1 saturated carbocycles. The Hall–Kier alpha value is -2.89. The number of carbonyl (C=O) groups excluding carboxylic acids is 1. The number of amides is 1. The summed E-state index contributed by atoms with van der Waals surface area (Å²) in [6.07, 6.45) is 9.95. The van der Waals surface area contributed by atoms with E-state index in [9.17, 15) is 4.79 Å². The smallest absolute Gasteiger partial charge is 0.248 e. The second-order valence-electron chi connectivity index (χ2n) is 6.56. The van der Waals surface area contributed by atoms with Gasteiger partial charge in [0.2, 0.25) is 5.91 Å². The molecule has 0 atom stereocenters. The van der Waals surface area contributed by atoms with E-state index in [4.69, 9.17) is 10.7 Å². The number of nitrogens with two attached hydrogens (primary N) is 1. The maximum absolute atomic E-state index is 11.4. The summed E-state index contributed by atoms with van der Waals surface area (Å²) in [5, 5.41) is 7.91. The van der Waals surface area contributed by atoms with Crippen molar-refractivity contribution < 1.29 is 4.79 Å². The van der Waals surface area contributed by atoms with Gasteiger partial charge in [-0.05, 0) is 36.6 Å². The van der Waals surface area contributed by atoms with E-state index in [1.165, 1.54) is 32.1 Å². The number of nitrogens with one attached hydrogen (secondary N) is 1. The number of primary amides is 1. The summed E-state index contributed by atoms with van der Waals surface area (Å²) >= 11 is 0. The Morgan fingerprint density at radius 2 is 2.04 bits per heavy atom. The summed E-state index contributed by atoms with van der Waals surface area (Å²) in [5.41, 5.74) is 8.41. The van der Waals surface area contributed by atoms with Crippen LogP contribution in [-0.4, -0.2) is 26.5 Å². The molecule has 6 nitrogen and oxygen atoms in total. The van der Waals surface area contributed by atoms with E-state index in [0.29, 0.717) is 11.6 Å². The highest BCUT2D eigenvalue weighted by Crippen LogP contribution is 2.26. The molecule has 4 rings (SSSR count). The van der Waals surface area contributed by atoms with Crippen LogP contribution < -0.4 is 11.1 Å². The van der Waals surface area contributed by atoms with Crippen molar-refractivity contribution >= 4 is 17.4 Å². The van der Waals surface area contributed by atoms with Crippen LogP contribution >= 0.6 is 0 Å². The topological polar surface area (TPSA) is 85.3 Å². The highest BCUT2D eigenvalue weighted by Gasteiger charge is 2.15. The molecule has 6 heteroatoms. The lowest BCUT2D eigenvalue weighted by molar-refractivity contribution is 0.100. The molecule has 25 heavy (non-hydrogen) atoms. The lowest BCUT2D eigenvalue weighted by Crippen LogP contribution is -2.22. The van der Waals surface area contributed by atoms with E-state index >= 15 is 0 Å². The van der Waals surface area contributed by atoms with Gasteiger partial charge in [-0.1, -0.05) is 31.4 Å². The monoisotopic (exact) mass is 335 g/mol. The number of carbonyl (C=O) groups is 1. The Kier molecular flexibility index (Phi) is 4.09. The molecule has 0 bridgehead atoms. The summed E-state index contributed by atoms with van der Waals surface area (Å²) in [6.45, 7) is 0. The fraction of sp³-hybridized carbons (Fsp3) is 0.316. The van der Waals surface area contributed by atoms with Crippen molar-refractivity contribution in [3.05, 3.63) is 48.3 Å². The van der Waals surface area contributed by atoms with Gasteiger partial charge in [-0.3, -0.25) is 4.79 Å². The van der Waals surface area contributed by atoms with Gasteiger partial charge in [-0.2, -0.15) is 5.10 Å². The minimum absolute atomic E-state index is 0.439. The lowest BCUT2D eigenvalue weighted by Gasteiger charge is -2.23. The van der Waals surface area contributed by atoms with Gasteiger partial charge in [-0.25, -0.2) is 9.50 Å². The molecule has 1 fully saturated rings. The average molecular weight is 335 g/mol. The minimum Gasteiger partial charge on any atom is -0.367 e. The van der Waals surface area contributed by atoms with Gasteiger partial charge in [-0.15, -0.1) is 0 Å². The van der Waals surface area contributed by atoms with Crippen LogP contribution in [0, 0.1) is 0 Å². The van der Waals surface area contributed by atoms with Crippen LogP contribution in [0.1, 0.15) is 42.5 Å². The number of anilines is 1. The number of rotatable bonds is 4. The maximum Gasteiger partial charge on any atom is 0.248 e. The fourth-order valence-electron chi connectivity index (χ4n) is 3.45. The zero-order chi connectivity index (χ0) is 17.2. The molecular formula is C19H21N5O. The quantitative estimate of drug-likeness (QED) is 0.766. The number of hydrogen-bond acceptors (Lipinski definition) is 4. The number of benzene rings is 1. The molecule has 0 unspecified atom stereocenters. The number of hydrogen-bond donors (Lipinski definition) is 2. The summed E-state index contributed by atoms with van der Waals surface area (Å²) in [5.74, 6) is 0.429. The summed E-state index contributed by atoms with van der Waals surface area (Å²) in [6, 6.07) is 9.70. The van der Waals surface area contributed by atoms with E-state index < -0.39 is 5.91 Å². The van der Waals surface area contributed by atoms with Crippen LogP contribution in [0.2, 0.25) is 0 Å². The number of aromatic nitrogens is 3. The molecule has 0 spiro atoms. The predicted molar refractivity (Wildman–Crippen MR) is 97.4 cm³/mol. The molecule has 2 heterocycles. The van der Waals surface area contributed by atoms with E-state index in [2.05, 4.69) is 10.4 Å². The van der Waals surface area contributed by atoms with E-state index in [1.54, 1.807) is 22.8 Å². The van der Waals surface area contributed by atoms with Gasteiger partial charge in [0, 0.05) is 23.4 Å². The number of fused-ring (bicyclic) bond motifs is 1. The molecular weight excluding hydrogens is 314 g/mol. The van der Waals surface area contributed by atoms with Gasteiger partial charge in [0.1, 0.15) is 5.82 Å². The Morgan fingerprint density at radius 1 is 1.20 bits per heavy atom. The average Bonchev–Trinajstić information content (AvgIpc) is 3.06. The molecule has 3 N–H and O–H groups in total. The van der Waals surface area contributed by atoms with Crippen molar-refractivity contribution in [3.63, 3.8) is 0 Å². The van der Waals surface area contributed by atoms with Crippen LogP contribution in [0.4, 0.5) is 5.82 Å². The third kappa shape index (κ3) is 3.20. The van der Waals surface area contributed by atoms with Gasteiger partial charge in [0.25, 0.3) is 0 Å². The van der Waals surface area contributed by atoms with Crippen LogP contribution in [-0.2, 0) is 0 Å². The van der Waals surface area contributed by atoms with Gasteiger partial charge in [0.05, 0.1) is 6.20 Å². The standard InChI is InChI=1S/C19H21N5O/c20-18(25)14-6-4-5-13(11-14)16-12-21-24-10-9-17(23-19(16)24)22-15-7-2-1-3-8-15/h4-6,9-12,15H,1-3,7-8H2,(H2,20,25)(H,22,23). The SMILES string of the molecule is NC(=O)c1cccc(-c2cnn3ccc(NC4CCCCC4)nc23)c1. The first-order valence-corrected chi connectivity index (χ1v) is 8.72. The zero-order valence-corrected chi connectivity index (χ0v) is 14.0. The van der Waals surface area contributed by atoms with Crippen molar-refractivity contribution in [3.8, 4) is 11.1 Å². The zero-order valence-electron chi connectivity index (χ0n) is 14.0. The van der Waals surface area contributed by atoms with Crippen LogP contribution in [0.3, 0.4) is 0 Å². The molecule has 1 amide bonds. The van der Waals surface area contributed by atoms with E-state index in [-0.39, 0.29) is 0 Å². The van der Waals surface area contributed by atoms with Crippen molar-refractivity contribution in [2.75, 3.05) is 5.32 Å². The summed E-state index contributed by atoms with van der Waals surface area (Å²) in [7, 11) is 0. The molecule has 1 aliphatic carbocycles. The third-order valence-corrected chi connectivity index (χ3v) is 4.78. The van der Waals surface area contributed by atoms with Crippen molar-refractivity contribution in [2.24, 2.45) is 5.73 Å². The lowest BCUT2D eigenvalue weighted by atomic mass is 9.95. The molecule has 1 aliphatic rings. The van der Waals surface area contributed by atoms with Crippen molar-refractivity contribution in [1.82, 2.24) is 14.6 Å². The fourth-order valence-corrected chi connectivity index (χ4v) is 3.45. The molecule has 128 valence electrons. The van der Waals surface area contributed by atoms with E-state index in [1.807, 2.05) is 24.4 Å². The Morgan fingerprint density at radius 3 is 2.84 bits per heavy atom. The molecule has 1 aromatic carbocycles. The molecule has 0 aliphatic heterocycles. The van der Waals surface area contributed by atoms with Crippen LogP contribution in [0.5, 0.6) is 0 Å². The van der Waals surface area contributed by atoms with E-state index in [0.717, 1.165) is 22.6 Å². The first-order chi connectivity index (χ1) is 12.2. The first-order valence-electron chi connectivity index (χ1n) is 8.72. The molecule has 0 saturated heterocycles. The highest BCUT2D eigenvalue weighted by molar-refractivity contribution is 5.94. The predicted octanol–water partition coefficient (Wildman–Crippen LogP) is 3.24. The van der Waals surface area contributed by atoms with Crippen molar-refractivity contribution in [1.29, 1.82) is 0 Å². The molecule has 3 aromatic rings. The second kappa shape index (κ2) is 6.55. The number of nitrogens with zero attached hydrogens (tertiary/aromatic N) is 3. The third-order valence-electron chi connectivity index (χ3n) is 4.78. The summed E-state index contributed by atoms with van der Waals surface area (Å²) < 4.78 is 1.75. The Balaban J connectivity index is 1.69. The highest BCUT2D eigenvalue weighted by atomic mass is 16.1. The van der Waals surface area contributed by atoms with Crippen molar-refractivity contribution in [2.45, 2.75) is 38.1 Å². The second-order valence-corrected chi connectivity index (χ2v) is 6.56. The Labute approximate surface area is 146 Å². The first kappa shape index (κ1) is 15.6. The van der Waals surface area contributed by atoms with Gasteiger partial charge >= 0.3 is 0 Å². The maximum atomic E-state index is 11.4. The largest absolute Gasteiger partial charge is 0.367 e. The Bertz CT molecular complexity index is 911. The van der Waals surface area contributed by atoms with Crippen LogP contribution in [0.25, 0.3) is 16.8 Å². The normalized spacial score (nSPS) is 15.4. The van der Waals surface area contributed by atoms with Crippen LogP contribution in [0.15, 0.2) is 42.7 Å². The summed E-state index contributed by atoms with van der Waals surface area (Å²) in [4.78, 5) is 16.2. The van der Waals surface area contributed by atoms with Gasteiger partial charge < -0.3 is 11.1 Å². The molecule has 0 radical (unpaired) electrons. The minimum atomic E-state index is -0.439.